The van der Waals surface area contributed by atoms with Crippen molar-refractivity contribution >= 4 is 18.0 Å². The monoisotopic (exact) mass is 171 g/mol. The molecule has 1 N–H and O–H groups in total. The second-order valence-electron chi connectivity index (χ2n) is 2.41. The lowest BCUT2D eigenvalue weighted by Crippen LogP contribution is -2.10. The quantitative estimate of drug-likeness (QED) is 0.643. The molecule has 0 aliphatic carbocycles. The van der Waals surface area contributed by atoms with Crippen molar-refractivity contribution in [3.63, 3.8) is 0 Å². The minimum absolute atomic E-state index is 0.275. The van der Waals surface area contributed by atoms with Crippen LogP contribution in [0.5, 0.6) is 0 Å². The third kappa shape index (κ3) is 3.58. The van der Waals surface area contributed by atoms with Crippen molar-refractivity contribution in [3.05, 3.63) is 12.2 Å². The number of aliphatic hydroxyl groups excluding tert-OH is 1. The molecule has 1 atom stereocenters. The van der Waals surface area contributed by atoms with Crippen molar-refractivity contribution in [2.75, 3.05) is 18.1 Å². The maximum Gasteiger partial charge on any atom is 0.0624 e. The first-order valence-corrected chi connectivity index (χ1v) is 4.96. The lowest BCUT2D eigenvalue weighted by Gasteiger charge is -2.10. The lowest BCUT2D eigenvalue weighted by molar-refractivity contribution is 0.322. The first-order valence-electron chi connectivity index (χ1n) is 3.80. The van der Waals surface area contributed by atoms with E-state index >= 15 is 0 Å². The second kappa shape index (κ2) is 5.38. The Labute approximate surface area is 71.4 Å². The van der Waals surface area contributed by atoms with Gasteiger partial charge < -0.3 is 5.11 Å². The van der Waals surface area contributed by atoms with E-state index in [4.69, 9.17) is 5.11 Å². The fourth-order valence-electron chi connectivity index (χ4n) is 0.924. The van der Waals surface area contributed by atoms with E-state index in [0.717, 1.165) is 17.9 Å². The number of aliphatic imine (C=N–C) groups is 1. The second-order valence-corrected chi connectivity index (χ2v) is 3.56. The number of hydrogen-bond acceptors (Lipinski definition) is 3. The summed E-state index contributed by atoms with van der Waals surface area (Å²) in [5.41, 5.74) is 0. The lowest BCUT2D eigenvalue weighted by atomic mass is 10.2. The molecule has 1 aliphatic rings. The minimum atomic E-state index is 0.275. The standard InChI is InChI=1S/C8H13NOS/c10-5-6-11-7-8-3-1-2-4-9-8/h1-2,4,8,10H,3,5-7H2. The van der Waals surface area contributed by atoms with Gasteiger partial charge >= 0.3 is 0 Å². The summed E-state index contributed by atoms with van der Waals surface area (Å²) < 4.78 is 0. The summed E-state index contributed by atoms with van der Waals surface area (Å²) in [5.74, 6) is 1.86. The molecule has 0 fully saturated rings. The van der Waals surface area contributed by atoms with E-state index in [1.165, 1.54) is 0 Å². The van der Waals surface area contributed by atoms with Crippen LogP contribution in [-0.4, -0.2) is 35.5 Å². The Morgan fingerprint density at radius 2 is 2.55 bits per heavy atom. The molecule has 2 nitrogen and oxygen atoms in total. The van der Waals surface area contributed by atoms with Crippen molar-refractivity contribution in [2.24, 2.45) is 4.99 Å². The summed E-state index contributed by atoms with van der Waals surface area (Å²) in [6.07, 6.45) is 7.02. The largest absolute Gasteiger partial charge is 0.396 e. The number of hydrogen-bond donors (Lipinski definition) is 1. The summed E-state index contributed by atoms with van der Waals surface area (Å²) in [4.78, 5) is 4.29. The van der Waals surface area contributed by atoms with Crippen LogP contribution in [0.4, 0.5) is 0 Å². The number of allylic oxidation sites excluding steroid dienone is 1. The number of nitrogens with zero attached hydrogens (tertiary/aromatic N) is 1. The third-order valence-corrected chi connectivity index (χ3v) is 2.56. The predicted molar refractivity (Wildman–Crippen MR) is 50.4 cm³/mol. The van der Waals surface area contributed by atoms with Crippen LogP contribution in [0.1, 0.15) is 6.42 Å². The Morgan fingerprint density at radius 1 is 1.64 bits per heavy atom. The van der Waals surface area contributed by atoms with E-state index in [9.17, 15) is 0 Å². The highest BCUT2D eigenvalue weighted by Crippen LogP contribution is 2.10. The van der Waals surface area contributed by atoms with Gasteiger partial charge in [0.15, 0.2) is 0 Å². The van der Waals surface area contributed by atoms with Crippen LogP contribution in [-0.2, 0) is 0 Å². The molecule has 0 bridgehead atoms. The first-order chi connectivity index (χ1) is 5.43. The molecular formula is C8H13NOS. The van der Waals surface area contributed by atoms with Crippen LogP contribution < -0.4 is 0 Å². The molecule has 1 rings (SSSR count). The van der Waals surface area contributed by atoms with Gasteiger partial charge in [0.05, 0.1) is 12.6 Å². The van der Waals surface area contributed by atoms with Gasteiger partial charge in [-0.3, -0.25) is 4.99 Å². The Balaban J connectivity index is 2.07. The first kappa shape index (κ1) is 8.81. The molecule has 0 saturated heterocycles. The SMILES string of the molecule is OCCSCC1CC=CC=N1. The van der Waals surface area contributed by atoms with E-state index in [0.29, 0.717) is 6.04 Å². The van der Waals surface area contributed by atoms with Gasteiger partial charge in [-0.05, 0) is 12.5 Å². The number of dihydropyridines is 1. The van der Waals surface area contributed by atoms with Crippen molar-refractivity contribution < 1.29 is 5.11 Å². The van der Waals surface area contributed by atoms with Crippen molar-refractivity contribution in [1.29, 1.82) is 0 Å². The Bertz CT molecular complexity index is 156. The minimum Gasteiger partial charge on any atom is -0.396 e. The molecule has 0 spiro atoms. The molecule has 0 aromatic rings. The van der Waals surface area contributed by atoms with Gasteiger partial charge in [0, 0.05) is 17.7 Å². The summed E-state index contributed by atoms with van der Waals surface area (Å²) in [6.45, 7) is 0.275. The van der Waals surface area contributed by atoms with Gasteiger partial charge in [-0.15, -0.1) is 0 Å². The third-order valence-electron chi connectivity index (χ3n) is 1.47. The van der Waals surface area contributed by atoms with Crippen LogP contribution in [0.3, 0.4) is 0 Å². The zero-order chi connectivity index (χ0) is 7.94. The highest BCUT2D eigenvalue weighted by atomic mass is 32.2. The molecule has 1 heterocycles. The molecule has 0 amide bonds. The summed E-state index contributed by atoms with van der Waals surface area (Å²) in [5, 5.41) is 8.52. The van der Waals surface area contributed by atoms with E-state index in [1.807, 2.05) is 12.3 Å². The fraction of sp³-hybridized carbons (Fsp3) is 0.625. The number of rotatable bonds is 4. The predicted octanol–water partition coefficient (Wildman–Crippen LogP) is 1.11. The van der Waals surface area contributed by atoms with Gasteiger partial charge in [-0.1, -0.05) is 6.08 Å². The molecule has 3 heteroatoms. The van der Waals surface area contributed by atoms with Crippen molar-refractivity contribution in [1.82, 2.24) is 0 Å². The van der Waals surface area contributed by atoms with E-state index < -0.39 is 0 Å². The van der Waals surface area contributed by atoms with Crippen LogP contribution >= 0.6 is 11.8 Å². The molecule has 0 saturated carbocycles. The molecule has 1 unspecified atom stereocenters. The Kier molecular flexibility index (Phi) is 4.31. The van der Waals surface area contributed by atoms with Crippen LogP contribution in [0.25, 0.3) is 0 Å². The Morgan fingerprint density at radius 3 is 3.18 bits per heavy atom. The maximum absolute atomic E-state index is 8.52. The highest BCUT2D eigenvalue weighted by molar-refractivity contribution is 7.99. The van der Waals surface area contributed by atoms with Crippen molar-refractivity contribution in [2.45, 2.75) is 12.5 Å². The van der Waals surface area contributed by atoms with E-state index in [2.05, 4.69) is 11.1 Å². The average Bonchev–Trinajstić information content (AvgIpc) is 2.07. The Hall–Kier alpha value is -0.280. The zero-order valence-corrected chi connectivity index (χ0v) is 7.26. The van der Waals surface area contributed by atoms with Gasteiger partial charge in [0.1, 0.15) is 0 Å². The number of aliphatic hydroxyl groups is 1. The molecule has 62 valence electrons. The molecular weight excluding hydrogens is 158 g/mol. The van der Waals surface area contributed by atoms with Crippen LogP contribution in [0.2, 0.25) is 0 Å². The van der Waals surface area contributed by atoms with Crippen molar-refractivity contribution in [3.8, 4) is 0 Å². The van der Waals surface area contributed by atoms with Crippen LogP contribution in [0, 0.1) is 0 Å². The number of thioether (sulfide) groups is 1. The zero-order valence-electron chi connectivity index (χ0n) is 6.44. The van der Waals surface area contributed by atoms with Gasteiger partial charge in [-0.2, -0.15) is 11.8 Å². The normalized spacial score (nSPS) is 22.5. The van der Waals surface area contributed by atoms with E-state index in [1.54, 1.807) is 11.8 Å². The molecule has 0 aromatic carbocycles. The molecule has 1 aliphatic heterocycles. The van der Waals surface area contributed by atoms with Crippen LogP contribution in [0.15, 0.2) is 17.1 Å². The summed E-state index contributed by atoms with van der Waals surface area (Å²) in [6, 6.07) is 0.441. The summed E-state index contributed by atoms with van der Waals surface area (Å²) in [7, 11) is 0. The summed E-state index contributed by atoms with van der Waals surface area (Å²) >= 11 is 1.76. The maximum atomic E-state index is 8.52. The van der Waals surface area contributed by atoms with Gasteiger partial charge in [0.25, 0.3) is 0 Å². The molecule has 0 aromatic heterocycles. The molecule has 0 radical (unpaired) electrons. The topological polar surface area (TPSA) is 32.6 Å². The molecule has 11 heavy (non-hydrogen) atoms. The smallest absolute Gasteiger partial charge is 0.0624 e. The average molecular weight is 171 g/mol. The van der Waals surface area contributed by atoms with E-state index in [-0.39, 0.29) is 6.61 Å². The highest BCUT2D eigenvalue weighted by Gasteiger charge is 2.04. The van der Waals surface area contributed by atoms with Gasteiger partial charge in [0.2, 0.25) is 0 Å². The van der Waals surface area contributed by atoms with Gasteiger partial charge in [-0.25, -0.2) is 0 Å². The fourth-order valence-corrected chi connectivity index (χ4v) is 1.71.